The summed E-state index contributed by atoms with van der Waals surface area (Å²) >= 11 is 0. The molecule has 0 aromatic heterocycles. The molecule has 0 bridgehead atoms. The Morgan fingerprint density at radius 1 is 1.24 bits per heavy atom. The quantitative estimate of drug-likeness (QED) is 0.530. The summed E-state index contributed by atoms with van der Waals surface area (Å²) in [6.45, 7) is 10.8. The second-order valence-electron chi connectivity index (χ2n) is 7.27. The molecule has 5 heteroatoms. The lowest BCUT2D eigenvalue weighted by Crippen LogP contribution is -2.46. The third-order valence-electron chi connectivity index (χ3n) is 4.73. The zero-order valence-corrected chi connectivity index (χ0v) is 14.6. The molecule has 1 fully saturated rings. The van der Waals surface area contributed by atoms with Crippen LogP contribution in [0, 0.1) is 0 Å². The molecule has 2 N–H and O–H groups in total. The summed E-state index contributed by atoms with van der Waals surface area (Å²) in [6.07, 6.45) is 0.215. The summed E-state index contributed by atoms with van der Waals surface area (Å²) in [6, 6.07) is 9.82. The number of carbonyl (C=O) groups is 1. The van der Waals surface area contributed by atoms with Crippen molar-refractivity contribution < 1.29 is 9.22 Å². The predicted octanol–water partition coefficient (Wildman–Crippen LogP) is 3.22. The van der Waals surface area contributed by atoms with Gasteiger partial charge in [0.05, 0.1) is 6.04 Å². The number of nitrogens with zero attached hydrogens (tertiary/aromatic N) is 1. The maximum absolute atomic E-state index is 12.4. The van der Waals surface area contributed by atoms with Crippen molar-refractivity contribution in [2.75, 3.05) is 0 Å². The molecule has 1 aromatic carbocycles. The highest BCUT2D eigenvalue weighted by Crippen LogP contribution is 2.40. The second kappa shape index (κ2) is 5.55. The van der Waals surface area contributed by atoms with Gasteiger partial charge in [0, 0.05) is 6.42 Å². The molecule has 1 saturated heterocycles. The number of hydrazine groups is 1. The Labute approximate surface area is 128 Å². The van der Waals surface area contributed by atoms with Crippen LogP contribution in [0.15, 0.2) is 30.3 Å². The highest BCUT2D eigenvalue weighted by molar-refractivity contribution is 6.74. The normalized spacial score (nSPS) is 23.7. The van der Waals surface area contributed by atoms with Crippen molar-refractivity contribution in [3.63, 3.8) is 0 Å². The van der Waals surface area contributed by atoms with Gasteiger partial charge in [0.1, 0.15) is 6.10 Å². The van der Waals surface area contributed by atoms with Gasteiger partial charge in [-0.2, -0.15) is 0 Å². The standard InChI is InChI=1S/C16H26N2O2Si/c1-16(2,3)21(4,5)20-14-11-13(18(17)15(14)19)12-9-7-6-8-10-12/h6-10,13-14H,11,17H2,1-5H3/t13-,14-/m0/s1. The van der Waals surface area contributed by atoms with E-state index in [1.807, 2.05) is 30.3 Å². The molecule has 0 unspecified atom stereocenters. The third-order valence-corrected chi connectivity index (χ3v) is 9.22. The Balaban J connectivity index is 2.16. The molecule has 0 spiro atoms. The van der Waals surface area contributed by atoms with Crippen LogP contribution in [-0.4, -0.2) is 25.3 Å². The first kappa shape index (κ1) is 16.2. The molecule has 2 rings (SSSR count). The Kier molecular flexibility index (Phi) is 4.28. The molecule has 2 atom stereocenters. The van der Waals surface area contributed by atoms with Gasteiger partial charge in [0.2, 0.25) is 0 Å². The molecule has 1 amide bonds. The van der Waals surface area contributed by atoms with Gasteiger partial charge in [0.25, 0.3) is 5.91 Å². The van der Waals surface area contributed by atoms with Gasteiger partial charge in [0.15, 0.2) is 8.32 Å². The minimum atomic E-state index is -1.97. The molecular weight excluding hydrogens is 280 g/mol. The molecule has 116 valence electrons. The van der Waals surface area contributed by atoms with Gasteiger partial charge in [-0.25, -0.2) is 5.84 Å². The second-order valence-corrected chi connectivity index (χ2v) is 12.0. The van der Waals surface area contributed by atoms with Gasteiger partial charge in [-0.3, -0.25) is 9.80 Å². The summed E-state index contributed by atoms with van der Waals surface area (Å²) in [5, 5.41) is 1.42. The highest BCUT2D eigenvalue weighted by atomic mass is 28.4. The molecule has 1 aliphatic rings. The summed E-state index contributed by atoms with van der Waals surface area (Å²) in [7, 11) is -1.97. The van der Waals surface area contributed by atoms with Crippen LogP contribution in [0.5, 0.6) is 0 Å². The summed E-state index contributed by atoms with van der Waals surface area (Å²) in [5.74, 6) is 5.89. The van der Waals surface area contributed by atoms with Crippen molar-refractivity contribution in [1.82, 2.24) is 5.01 Å². The van der Waals surface area contributed by atoms with E-state index in [4.69, 9.17) is 10.3 Å². The average Bonchev–Trinajstić information content (AvgIpc) is 2.66. The van der Waals surface area contributed by atoms with Crippen molar-refractivity contribution in [3.05, 3.63) is 35.9 Å². The molecule has 0 radical (unpaired) electrons. The predicted molar refractivity (Wildman–Crippen MR) is 86.9 cm³/mol. The maximum atomic E-state index is 12.4. The minimum Gasteiger partial charge on any atom is -0.405 e. The van der Waals surface area contributed by atoms with Gasteiger partial charge in [-0.1, -0.05) is 51.1 Å². The fraction of sp³-hybridized carbons (Fsp3) is 0.562. The minimum absolute atomic E-state index is 0.0809. The summed E-state index contributed by atoms with van der Waals surface area (Å²) in [5.41, 5.74) is 1.06. The van der Waals surface area contributed by atoms with Crippen LogP contribution in [0.25, 0.3) is 0 Å². The smallest absolute Gasteiger partial charge is 0.265 e. The van der Waals surface area contributed by atoms with Crippen molar-refractivity contribution in [2.45, 2.75) is 57.5 Å². The molecular formula is C16H26N2O2Si. The number of nitrogens with two attached hydrogens (primary N) is 1. The number of benzene rings is 1. The van der Waals surface area contributed by atoms with E-state index in [1.165, 1.54) is 5.01 Å². The van der Waals surface area contributed by atoms with E-state index in [9.17, 15) is 4.79 Å². The molecule has 21 heavy (non-hydrogen) atoms. The van der Waals surface area contributed by atoms with Crippen LogP contribution in [-0.2, 0) is 9.22 Å². The van der Waals surface area contributed by atoms with E-state index in [0.717, 1.165) is 5.56 Å². The van der Waals surface area contributed by atoms with Crippen molar-refractivity contribution in [1.29, 1.82) is 0 Å². The first-order valence-electron chi connectivity index (χ1n) is 7.44. The van der Waals surface area contributed by atoms with Gasteiger partial charge >= 0.3 is 0 Å². The highest BCUT2D eigenvalue weighted by Gasteiger charge is 2.46. The Bertz CT molecular complexity index is 511. The maximum Gasteiger partial charge on any atom is 0.265 e. The van der Waals surface area contributed by atoms with Crippen LogP contribution in [0.1, 0.15) is 38.8 Å². The lowest BCUT2D eigenvalue weighted by atomic mass is 10.0. The fourth-order valence-corrected chi connectivity index (χ4v) is 3.60. The zero-order chi connectivity index (χ0) is 15.8. The Hall–Kier alpha value is -1.17. The number of amides is 1. The lowest BCUT2D eigenvalue weighted by Gasteiger charge is -2.37. The van der Waals surface area contributed by atoms with Crippen molar-refractivity contribution >= 4 is 14.2 Å². The number of hydrogen-bond acceptors (Lipinski definition) is 3. The average molecular weight is 306 g/mol. The largest absolute Gasteiger partial charge is 0.405 e. The van der Waals surface area contributed by atoms with E-state index in [0.29, 0.717) is 6.42 Å². The topological polar surface area (TPSA) is 55.6 Å². The van der Waals surface area contributed by atoms with Crippen LogP contribution in [0.4, 0.5) is 0 Å². The van der Waals surface area contributed by atoms with E-state index >= 15 is 0 Å². The van der Waals surface area contributed by atoms with E-state index < -0.39 is 14.4 Å². The van der Waals surface area contributed by atoms with Gasteiger partial charge in [-0.15, -0.1) is 0 Å². The SMILES string of the molecule is CC(C)(C)[Si](C)(C)O[C@H]1C[C@@H](c2ccccc2)N(N)C1=O. The molecule has 1 aliphatic heterocycles. The number of carbonyl (C=O) groups excluding carboxylic acids is 1. The molecule has 4 nitrogen and oxygen atoms in total. The molecule has 1 heterocycles. The van der Waals surface area contributed by atoms with E-state index in [2.05, 4.69) is 33.9 Å². The zero-order valence-electron chi connectivity index (χ0n) is 13.6. The molecule has 0 aliphatic carbocycles. The monoisotopic (exact) mass is 306 g/mol. The Morgan fingerprint density at radius 2 is 1.81 bits per heavy atom. The summed E-state index contributed by atoms with van der Waals surface area (Å²) < 4.78 is 6.27. The molecule has 1 aromatic rings. The van der Waals surface area contributed by atoms with Gasteiger partial charge in [-0.05, 0) is 23.7 Å². The van der Waals surface area contributed by atoms with E-state index in [1.54, 1.807) is 0 Å². The first-order chi connectivity index (χ1) is 9.63. The fourth-order valence-electron chi connectivity index (χ4n) is 2.34. The molecule has 0 saturated carbocycles. The lowest BCUT2D eigenvalue weighted by molar-refractivity contribution is -0.135. The van der Waals surface area contributed by atoms with Crippen molar-refractivity contribution in [2.24, 2.45) is 5.84 Å². The Morgan fingerprint density at radius 3 is 2.33 bits per heavy atom. The van der Waals surface area contributed by atoms with Crippen LogP contribution in [0.2, 0.25) is 18.1 Å². The summed E-state index contributed by atoms with van der Waals surface area (Å²) in [4.78, 5) is 12.4. The number of hydrogen-bond donors (Lipinski definition) is 1. The van der Waals surface area contributed by atoms with Crippen LogP contribution in [0.3, 0.4) is 0 Å². The first-order valence-corrected chi connectivity index (χ1v) is 10.3. The van der Waals surface area contributed by atoms with Gasteiger partial charge < -0.3 is 4.43 Å². The van der Waals surface area contributed by atoms with Crippen LogP contribution < -0.4 is 5.84 Å². The number of rotatable bonds is 3. The third kappa shape index (κ3) is 3.20. The van der Waals surface area contributed by atoms with Crippen molar-refractivity contribution in [3.8, 4) is 0 Å². The van der Waals surface area contributed by atoms with E-state index in [-0.39, 0.29) is 17.0 Å². The van der Waals surface area contributed by atoms with Crippen LogP contribution >= 0.6 is 0 Å².